The zero-order valence-electron chi connectivity index (χ0n) is 14.9. The van der Waals surface area contributed by atoms with E-state index >= 15 is 0 Å². The van der Waals surface area contributed by atoms with Crippen molar-refractivity contribution in [3.8, 4) is 0 Å². The van der Waals surface area contributed by atoms with E-state index in [1.54, 1.807) is 11.8 Å². The van der Waals surface area contributed by atoms with Crippen LogP contribution in [0.5, 0.6) is 0 Å². The number of carbonyl (C=O) groups is 2. The Balaban J connectivity index is 1.67. The molecular formula is C19H24N2O4. The fourth-order valence-electron chi connectivity index (χ4n) is 3.20. The van der Waals surface area contributed by atoms with Gasteiger partial charge in [-0.25, -0.2) is 0 Å². The summed E-state index contributed by atoms with van der Waals surface area (Å²) in [4.78, 5) is 29.7. The van der Waals surface area contributed by atoms with Crippen molar-refractivity contribution in [2.75, 3.05) is 26.3 Å². The van der Waals surface area contributed by atoms with Crippen LogP contribution in [-0.4, -0.2) is 54.2 Å². The zero-order chi connectivity index (χ0) is 18.0. The summed E-state index contributed by atoms with van der Waals surface area (Å²) < 4.78 is 10.6. The number of aromatic amines is 1. The van der Waals surface area contributed by atoms with Crippen molar-refractivity contribution in [3.63, 3.8) is 0 Å². The third-order valence-corrected chi connectivity index (χ3v) is 4.57. The Morgan fingerprint density at radius 2 is 2.00 bits per heavy atom. The molecule has 1 atom stereocenters. The van der Waals surface area contributed by atoms with Gasteiger partial charge in [-0.1, -0.05) is 11.6 Å². The standard InChI is InChI=1S/C19H24N2O4/c1-12-4-5-17-16(10-12)15(13(2)20-17)11-18(22)25-14(3)19(23)21-6-8-24-9-7-21/h4-5,10,14,20H,6-9,11H2,1-3H3/t14-/m1/s1. The summed E-state index contributed by atoms with van der Waals surface area (Å²) in [5, 5.41) is 1.03. The summed E-state index contributed by atoms with van der Waals surface area (Å²) in [6.45, 7) is 7.73. The largest absolute Gasteiger partial charge is 0.452 e. The highest BCUT2D eigenvalue weighted by Crippen LogP contribution is 2.24. The lowest BCUT2D eigenvalue weighted by atomic mass is 10.1. The molecule has 0 radical (unpaired) electrons. The molecule has 134 valence electrons. The fraction of sp³-hybridized carbons (Fsp3) is 0.474. The molecule has 2 heterocycles. The number of ether oxygens (including phenoxy) is 2. The number of nitrogens with zero attached hydrogens (tertiary/aromatic N) is 1. The first-order valence-corrected chi connectivity index (χ1v) is 8.59. The van der Waals surface area contributed by atoms with Crippen LogP contribution in [0.1, 0.15) is 23.7 Å². The molecule has 25 heavy (non-hydrogen) atoms. The van der Waals surface area contributed by atoms with E-state index in [0.29, 0.717) is 26.3 Å². The van der Waals surface area contributed by atoms with Crippen molar-refractivity contribution in [1.29, 1.82) is 0 Å². The predicted octanol–water partition coefficient (Wildman–Crippen LogP) is 2.12. The smallest absolute Gasteiger partial charge is 0.311 e. The Labute approximate surface area is 147 Å². The number of morpholine rings is 1. The van der Waals surface area contributed by atoms with Crippen molar-refractivity contribution in [2.24, 2.45) is 0 Å². The topological polar surface area (TPSA) is 71.6 Å². The van der Waals surface area contributed by atoms with Crippen LogP contribution in [0.25, 0.3) is 10.9 Å². The van der Waals surface area contributed by atoms with Gasteiger partial charge in [-0.2, -0.15) is 0 Å². The molecule has 0 aliphatic carbocycles. The molecule has 0 unspecified atom stereocenters. The number of fused-ring (bicyclic) bond motifs is 1. The lowest BCUT2D eigenvalue weighted by molar-refractivity contribution is -0.160. The molecule has 3 rings (SSSR count). The molecule has 1 N–H and O–H groups in total. The van der Waals surface area contributed by atoms with Crippen molar-refractivity contribution < 1.29 is 19.1 Å². The number of aromatic nitrogens is 1. The third kappa shape index (κ3) is 3.85. The number of amides is 1. The van der Waals surface area contributed by atoms with Crippen molar-refractivity contribution in [1.82, 2.24) is 9.88 Å². The number of aryl methyl sites for hydroxylation is 2. The van der Waals surface area contributed by atoms with Crippen LogP contribution in [0.3, 0.4) is 0 Å². The van der Waals surface area contributed by atoms with Crippen LogP contribution < -0.4 is 0 Å². The summed E-state index contributed by atoms with van der Waals surface area (Å²) in [7, 11) is 0. The van der Waals surface area contributed by atoms with Crippen LogP contribution in [0.15, 0.2) is 18.2 Å². The number of esters is 1. The van der Waals surface area contributed by atoms with Gasteiger partial charge in [0.05, 0.1) is 19.6 Å². The van der Waals surface area contributed by atoms with Gasteiger partial charge in [-0.15, -0.1) is 0 Å². The van der Waals surface area contributed by atoms with Crippen LogP contribution in [0, 0.1) is 13.8 Å². The average molecular weight is 344 g/mol. The Hall–Kier alpha value is -2.34. The Kier molecular flexibility index (Phi) is 5.08. The van der Waals surface area contributed by atoms with E-state index in [0.717, 1.165) is 27.7 Å². The summed E-state index contributed by atoms with van der Waals surface area (Å²) >= 11 is 0. The molecule has 1 aromatic heterocycles. The van der Waals surface area contributed by atoms with Gasteiger partial charge in [-0.05, 0) is 38.5 Å². The second-order valence-corrected chi connectivity index (χ2v) is 6.52. The molecule has 6 nitrogen and oxygen atoms in total. The maximum absolute atomic E-state index is 12.4. The number of hydrogen-bond donors (Lipinski definition) is 1. The SMILES string of the molecule is Cc1ccc2[nH]c(C)c(CC(=O)O[C@H](C)C(=O)N3CCOCC3)c2c1. The van der Waals surface area contributed by atoms with Crippen LogP contribution in [0.4, 0.5) is 0 Å². The summed E-state index contributed by atoms with van der Waals surface area (Å²) in [6.07, 6.45) is -0.631. The summed E-state index contributed by atoms with van der Waals surface area (Å²) in [5.41, 5.74) is 4.01. The van der Waals surface area contributed by atoms with Crippen LogP contribution >= 0.6 is 0 Å². The van der Waals surface area contributed by atoms with E-state index in [9.17, 15) is 9.59 Å². The Morgan fingerprint density at radius 1 is 1.28 bits per heavy atom. The minimum absolute atomic E-state index is 0.149. The van der Waals surface area contributed by atoms with Gasteiger partial charge >= 0.3 is 5.97 Å². The van der Waals surface area contributed by atoms with Gasteiger partial charge in [0.1, 0.15) is 0 Å². The van der Waals surface area contributed by atoms with E-state index < -0.39 is 6.10 Å². The van der Waals surface area contributed by atoms with E-state index in [-0.39, 0.29) is 18.3 Å². The number of nitrogens with one attached hydrogen (secondary N) is 1. The molecule has 6 heteroatoms. The van der Waals surface area contributed by atoms with Gasteiger partial charge in [-0.3, -0.25) is 9.59 Å². The van der Waals surface area contributed by atoms with Gasteiger partial charge < -0.3 is 19.4 Å². The molecule has 0 saturated carbocycles. The van der Waals surface area contributed by atoms with Crippen molar-refractivity contribution in [3.05, 3.63) is 35.0 Å². The Bertz CT molecular complexity index is 790. The fourth-order valence-corrected chi connectivity index (χ4v) is 3.20. The summed E-state index contributed by atoms with van der Waals surface area (Å²) in [6, 6.07) is 6.10. The van der Waals surface area contributed by atoms with Crippen molar-refractivity contribution in [2.45, 2.75) is 33.3 Å². The highest BCUT2D eigenvalue weighted by Gasteiger charge is 2.25. The average Bonchev–Trinajstić information content (AvgIpc) is 2.90. The van der Waals surface area contributed by atoms with Gasteiger partial charge in [0, 0.05) is 29.7 Å². The maximum atomic E-state index is 12.4. The molecule has 1 aliphatic rings. The number of rotatable bonds is 4. The molecule has 1 amide bonds. The first-order valence-electron chi connectivity index (χ1n) is 8.59. The summed E-state index contributed by atoms with van der Waals surface area (Å²) in [5.74, 6) is -0.553. The molecular weight excluding hydrogens is 320 g/mol. The Morgan fingerprint density at radius 3 is 2.72 bits per heavy atom. The molecule has 1 aliphatic heterocycles. The molecule has 0 bridgehead atoms. The first-order chi connectivity index (χ1) is 12.0. The highest BCUT2D eigenvalue weighted by molar-refractivity contribution is 5.90. The number of carbonyl (C=O) groups excluding carboxylic acids is 2. The highest BCUT2D eigenvalue weighted by atomic mass is 16.5. The molecule has 0 spiro atoms. The first kappa shape index (κ1) is 17.5. The van der Waals surface area contributed by atoms with E-state index in [2.05, 4.69) is 11.1 Å². The molecule has 1 fully saturated rings. The normalized spacial score (nSPS) is 16.0. The van der Waals surface area contributed by atoms with Crippen LogP contribution in [0.2, 0.25) is 0 Å². The monoisotopic (exact) mass is 344 g/mol. The second-order valence-electron chi connectivity index (χ2n) is 6.52. The molecule has 1 saturated heterocycles. The lowest BCUT2D eigenvalue weighted by Gasteiger charge is -2.28. The minimum Gasteiger partial charge on any atom is -0.452 e. The molecule has 2 aromatic rings. The third-order valence-electron chi connectivity index (χ3n) is 4.57. The van der Waals surface area contributed by atoms with Crippen LogP contribution in [-0.2, 0) is 25.5 Å². The zero-order valence-corrected chi connectivity index (χ0v) is 14.9. The van der Waals surface area contributed by atoms with E-state index in [1.807, 2.05) is 26.0 Å². The lowest BCUT2D eigenvalue weighted by Crippen LogP contribution is -2.46. The number of benzene rings is 1. The quantitative estimate of drug-likeness (QED) is 0.863. The second kappa shape index (κ2) is 7.27. The van der Waals surface area contributed by atoms with Crippen molar-refractivity contribution >= 4 is 22.8 Å². The van der Waals surface area contributed by atoms with E-state index in [4.69, 9.17) is 9.47 Å². The number of H-pyrrole nitrogens is 1. The maximum Gasteiger partial charge on any atom is 0.311 e. The minimum atomic E-state index is -0.780. The van der Waals surface area contributed by atoms with Gasteiger partial charge in [0.2, 0.25) is 0 Å². The van der Waals surface area contributed by atoms with E-state index in [1.165, 1.54) is 0 Å². The van der Waals surface area contributed by atoms with Gasteiger partial charge in [0.15, 0.2) is 6.10 Å². The number of hydrogen-bond acceptors (Lipinski definition) is 4. The van der Waals surface area contributed by atoms with Gasteiger partial charge in [0.25, 0.3) is 5.91 Å². The molecule has 1 aromatic carbocycles. The predicted molar refractivity (Wildman–Crippen MR) is 94.4 cm³/mol.